The fourth-order valence-corrected chi connectivity index (χ4v) is 4.17. The Morgan fingerprint density at radius 2 is 1.86 bits per heavy atom. The number of thioether (sulfide) groups is 1. The average Bonchev–Trinajstić information content (AvgIpc) is 3.13. The van der Waals surface area contributed by atoms with E-state index in [1.165, 1.54) is 27.6 Å². The lowest BCUT2D eigenvalue weighted by Crippen LogP contribution is -2.36. The number of nitrogens with zero attached hydrogens (tertiary/aromatic N) is 4. The van der Waals surface area contributed by atoms with Gasteiger partial charge in [0.05, 0.1) is 5.75 Å². The minimum absolute atomic E-state index is 0.0822. The lowest BCUT2D eigenvalue weighted by molar-refractivity contribution is -0.127. The van der Waals surface area contributed by atoms with Crippen molar-refractivity contribution in [2.45, 2.75) is 18.5 Å². The van der Waals surface area contributed by atoms with Crippen LogP contribution >= 0.6 is 11.8 Å². The minimum Gasteiger partial charge on any atom is -0.338 e. The molecule has 0 radical (unpaired) electrons. The first-order valence-corrected chi connectivity index (χ1v) is 10.5. The third-order valence-corrected chi connectivity index (χ3v) is 6.01. The molecule has 0 aliphatic carbocycles. The van der Waals surface area contributed by atoms with Crippen LogP contribution in [0.1, 0.15) is 17.5 Å². The Morgan fingerprint density at radius 3 is 2.59 bits per heavy atom. The molecule has 0 saturated carbocycles. The Kier molecular flexibility index (Phi) is 5.67. The fraction of sp³-hybridized carbons (Fsp3) is 0.227. The predicted molar refractivity (Wildman–Crippen MR) is 117 cm³/mol. The van der Waals surface area contributed by atoms with E-state index in [0.717, 1.165) is 24.1 Å². The van der Waals surface area contributed by atoms with Gasteiger partial charge in [-0.25, -0.2) is 4.68 Å². The maximum absolute atomic E-state index is 12.6. The molecular weight excluding hydrogens is 382 g/mol. The van der Waals surface area contributed by atoms with Crippen LogP contribution in [0.5, 0.6) is 0 Å². The number of nitrogens with two attached hydrogens (primary N) is 1. The highest BCUT2D eigenvalue weighted by molar-refractivity contribution is 7.99. The first-order valence-electron chi connectivity index (χ1n) is 9.55. The van der Waals surface area contributed by atoms with Gasteiger partial charge in [0.25, 0.3) is 0 Å². The number of carbonyl (C=O) groups excluding carboxylic acids is 1. The van der Waals surface area contributed by atoms with E-state index < -0.39 is 0 Å². The van der Waals surface area contributed by atoms with Crippen LogP contribution in [0, 0.1) is 6.92 Å². The number of rotatable bonds is 5. The number of benzene rings is 2. The molecule has 2 aromatic carbocycles. The van der Waals surface area contributed by atoms with Crippen LogP contribution in [0.15, 0.2) is 65.8 Å². The van der Waals surface area contributed by atoms with Crippen molar-refractivity contribution in [2.75, 3.05) is 24.7 Å². The number of nitrogen functional groups attached to an aromatic ring is 1. The molecule has 0 fully saturated rings. The van der Waals surface area contributed by atoms with E-state index in [9.17, 15) is 4.79 Å². The first-order chi connectivity index (χ1) is 14.1. The average molecular weight is 406 g/mol. The molecule has 29 heavy (non-hydrogen) atoms. The minimum atomic E-state index is 0.0822. The lowest BCUT2D eigenvalue weighted by Gasteiger charge is -2.26. The van der Waals surface area contributed by atoms with Crippen LogP contribution in [0.4, 0.5) is 0 Å². The highest BCUT2D eigenvalue weighted by atomic mass is 32.2. The molecule has 1 aromatic heterocycles. The van der Waals surface area contributed by atoms with Gasteiger partial charge >= 0.3 is 0 Å². The Bertz CT molecular complexity index is 1040. The van der Waals surface area contributed by atoms with Crippen LogP contribution < -0.4 is 5.84 Å². The summed E-state index contributed by atoms with van der Waals surface area (Å²) in [6.45, 7) is 3.37. The maximum atomic E-state index is 12.6. The number of amides is 1. The summed E-state index contributed by atoms with van der Waals surface area (Å²) in [5.41, 5.74) is 4.55. The zero-order valence-corrected chi connectivity index (χ0v) is 17.1. The molecule has 0 saturated heterocycles. The Morgan fingerprint density at radius 1 is 1.10 bits per heavy atom. The molecule has 0 bridgehead atoms. The SMILES string of the molecule is Cc1ccccc1-c1nnc(SCC(=O)N2CC=C(c3ccccc3)CC2)n1N. The van der Waals surface area contributed by atoms with Crippen LogP contribution in [0.25, 0.3) is 17.0 Å². The van der Waals surface area contributed by atoms with Crippen molar-refractivity contribution in [3.05, 3.63) is 71.8 Å². The van der Waals surface area contributed by atoms with E-state index >= 15 is 0 Å². The second-order valence-corrected chi connectivity index (χ2v) is 7.91. The zero-order chi connectivity index (χ0) is 20.2. The second kappa shape index (κ2) is 8.53. The van der Waals surface area contributed by atoms with Gasteiger partial charge in [-0.05, 0) is 30.0 Å². The summed E-state index contributed by atoms with van der Waals surface area (Å²) in [6, 6.07) is 18.2. The quantitative estimate of drug-likeness (QED) is 0.520. The summed E-state index contributed by atoms with van der Waals surface area (Å²) in [5, 5.41) is 8.92. The van der Waals surface area contributed by atoms with Crippen molar-refractivity contribution in [3.63, 3.8) is 0 Å². The van der Waals surface area contributed by atoms with Crippen molar-refractivity contribution in [3.8, 4) is 11.4 Å². The number of carbonyl (C=O) groups is 1. The van der Waals surface area contributed by atoms with Gasteiger partial charge in [-0.1, -0.05) is 72.4 Å². The molecule has 2 heterocycles. The fourth-order valence-electron chi connectivity index (χ4n) is 3.41. The highest BCUT2D eigenvalue weighted by Crippen LogP contribution is 2.25. The largest absolute Gasteiger partial charge is 0.338 e. The molecule has 0 spiro atoms. The van der Waals surface area contributed by atoms with Crippen molar-refractivity contribution < 1.29 is 4.79 Å². The molecule has 6 nitrogen and oxygen atoms in total. The van der Waals surface area contributed by atoms with Crippen molar-refractivity contribution >= 4 is 23.2 Å². The normalized spacial score (nSPS) is 14.0. The van der Waals surface area contributed by atoms with Crippen molar-refractivity contribution in [2.24, 2.45) is 0 Å². The number of aromatic nitrogens is 3. The van der Waals surface area contributed by atoms with Gasteiger partial charge in [-0.15, -0.1) is 10.2 Å². The number of hydrogen-bond donors (Lipinski definition) is 1. The maximum Gasteiger partial charge on any atom is 0.233 e. The summed E-state index contributed by atoms with van der Waals surface area (Å²) >= 11 is 1.32. The smallest absolute Gasteiger partial charge is 0.233 e. The van der Waals surface area contributed by atoms with Gasteiger partial charge in [0, 0.05) is 18.7 Å². The van der Waals surface area contributed by atoms with E-state index in [-0.39, 0.29) is 11.7 Å². The van der Waals surface area contributed by atoms with Gasteiger partial charge in [0.15, 0.2) is 5.82 Å². The number of hydrogen-bond acceptors (Lipinski definition) is 5. The predicted octanol–water partition coefficient (Wildman–Crippen LogP) is 3.38. The summed E-state index contributed by atoms with van der Waals surface area (Å²) < 4.78 is 1.46. The van der Waals surface area contributed by atoms with Crippen molar-refractivity contribution in [1.82, 2.24) is 19.8 Å². The van der Waals surface area contributed by atoms with Crippen LogP contribution in [-0.4, -0.2) is 44.5 Å². The third kappa shape index (κ3) is 4.19. The van der Waals surface area contributed by atoms with Crippen LogP contribution in [0.2, 0.25) is 0 Å². The monoisotopic (exact) mass is 405 g/mol. The molecule has 148 valence electrons. The van der Waals surface area contributed by atoms with E-state index in [4.69, 9.17) is 5.84 Å². The molecule has 2 N–H and O–H groups in total. The second-order valence-electron chi connectivity index (χ2n) is 6.96. The number of aryl methyl sites for hydroxylation is 1. The van der Waals surface area contributed by atoms with E-state index in [0.29, 0.717) is 17.5 Å². The van der Waals surface area contributed by atoms with Crippen LogP contribution in [0.3, 0.4) is 0 Å². The molecule has 0 atom stereocenters. The Hall–Kier alpha value is -3.06. The van der Waals surface area contributed by atoms with E-state index in [1.54, 1.807) is 0 Å². The molecule has 3 aromatic rings. The molecular formula is C22H23N5OS. The molecule has 1 amide bonds. The van der Waals surface area contributed by atoms with Gasteiger partial charge in [0.1, 0.15) is 0 Å². The molecule has 1 aliphatic heterocycles. The molecule has 1 aliphatic rings. The summed E-state index contributed by atoms with van der Waals surface area (Å²) in [6.07, 6.45) is 3.01. The summed E-state index contributed by atoms with van der Waals surface area (Å²) in [7, 11) is 0. The third-order valence-electron chi connectivity index (χ3n) is 5.08. The Balaban J connectivity index is 1.37. The zero-order valence-electron chi connectivity index (χ0n) is 16.3. The van der Waals surface area contributed by atoms with E-state index in [2.05, 4.69) is 28.4 Å². The Labute approximate surface area is 174 Å². The topological polar surface area (TPSA) is 77.0 Å². The molecule has 7 heteroatoms. The molecule has 0 unspecified atom stereocenters. The summed E-state index contributed by atoms with van der Waals surface area (Å²) in [4.78, 5) is 14.5. The van der Waals surface area contributed by atoms with Crippen LogP contribution in [-0.2, 0) is 4.79 Å². The van der Waals surface area contributed by atoms with Gasteiger partial charge in [0.2, 0.25) is 11.1 Å². The summed E-state index contributed by atoms with van der Waals surface area (Å²) in [5.74, 6) is 7.16. The van der Waals surface area contributed by atoms with Crippen molar-refractivity contribution in [1.29, 1.82) is 0 Å². The van der Waals surface area contributed by atoms with E-state index in [1.807, 2.05) is 54.3 Å². The van der Waals surface area contributed by atoms with Gasteiger partial charge < -0.3 is 10.7 Å². The first kappa shape index (κ1) is 19.3. The molecule has 4 rings (SSSR count). The van der Waals surface area contributed by atoms with Gasteiger partial charge in [-0.2, -0.15) is 0 Å². The standard InChI is InChI=1S/C22H23N5OS/c1-16-7-5-6-10-19(16)21-24-25-22(27(21)23)29-15-20(28)26-13-11-18(12-14-26)17-8-3-2-4-9-17/h2-11H,12-15,23H2,1H3. The highest BCUT2D eigenvalue weighted by Gasteiger charge is 2.20. The van der Waals surface area contributed by atoms with Gasteiger partial charge in [-0.3, -0.25) is 4.79 Å². The lowest BCUT2D eigenvalue weighted by atomic mass is 10.00.